The predicted molar refractivity (Wildman–Crippen MR) is 77.0 cm³/mol. The number of carbonyl (C=O) groups excluding carboxylic acids is 1. The van der Waals surface area contributed by atoms with Crippen LogP contribution in [0, 0.1) is 17.8 Å². The third-order valence-electron chi connectivity index (χ3n) is 4.99. The maximum absolute atomic E-state index is 11.9. The maximum Gasteiger partial charge on any atom is 0.234 e. The minimum Gasteiger partial charge on any atom is -0.468 e. The average molecular weight is 276 g/mol. The van der Waals surface area contributed by atoms with Crippen LogP contribution in [0.2, 0.25) is 0 Å². The van der Waals surface area contributed by atoms with Crippen LogP contribution in [-0.4, -0.2) is 18.5 Å². The summed E-state index contributed by atoms with van der Waals surface area (Å²) in [6, 6.07) is 4.07. The van der Waals surface area contributed by atoms with Gasteiger partial charge < -0.3 is 15.1 Å². The lowest BCUT2D eigenvalue weighted by molar-refractivity contribution is -0.121. The Morgan fingerprint density at radius 3 is 3.00 bits per heavy atom. The molecule has 2 saturated carbocycles. The third-order valence-corrected chi connectivity index (χ3v) is 4.99. The molecule has 4 nitrogen and oxygen atoms in total. The summed E-state index contributed by atoms with van der Waals surface area (Å²) in [6.45, 7) is 3.12. The predicted octanol–water partition coefficient (Wildman–Crippen LogP) is 2.31. The van der Waals surface area contributed by atoms with Crippen LogP contribution in [0.1, 0.15) is 38.4 Å². The Balaban J connectivity index is 1.38. The summed E-state index contributed by atoms with van der Waals surface area (Å²) < 4.78 is 5.22. The Labute approximate surface area is 120 Å². The SMILES string of the molecule is C[C@H](NC(=O)CNCc1ccco1)[C@H]1C[C@H]2CC[C@H]1C2. The van der Waals surface area contributed by atoms with E-state index in [1.807, 2.05) is 12.1 Å². The van der Waals surface area contributed by atoms with Crippen LogP contribution >= 0.6 is 0 Å². The van der Waals surface area contributed by atoms with Crippen molar-refractivity contribution in [1.82, 2.24) is 10.6 Å². The van der Waals surface area contributed by atoms with E-state index in [0.29, 0.717) is 25.0 Å². The first-order chi connectivity index (χ1) is 9.72. The van der Waals surface area contributed by atoms with Gasteiger partial charge in [-0.05, 0) is 56.1 Å². The highest BCUT2D eigenvalue weighted by Crippen LogP contribution is 2.49. The molecule has 4 atom stereocenters. The summed E-state index contributed by atoms with van der Waals surface area (Å²) in [6.07, 6.45) is 7.13. The highest BCUT2D eigenvalue weighted by Gasteiger charge is 2.41. The lowest BCUT2D eigenvalue weighted by Crippen LogP contribution is -2.43. The van der Waals surface area contributed by atoms with Crippen molar-refractivity contribution in [2.24, 2.45) is 17.8 Å². The molecule has 0 radical (unpaired) electrons. The van der Waals surface area contributed by atoms with Crippen LogP contribution in [0.3, 0.4) is 0 Å². The minimum absolute atomic E-state index is 0.0897. The molecule has 20 heavy (non-hydrogen) atoms. The fourth-order valence-corrected chi connectivity index (χ4v) is 4.03. The van der Waals surface area contributed by atoms with Crippen molar-refractivity contribution in [3.05, 3.63) is 24.2 Å². The number of amides is 1. The molecular weight excluding hydrogens is 252 g/mol. The highest BCUT2D eigenvalue weighted by molar-refractivity contribution is 5.78. The topological polar surface area (TPSA) is 54.3 Å². The summed E-state index contributed by atoms with van der Waals surface area (Å²) in [4.78, 5) is 11.9. The van der Waals surface area contributed by atoms with E-state index in [-0.39, 0.29) is 5.91 Å². The molecule has 110 valence electrons. The van der Waals surface area contributed by atoms with Gasteiger partial charge in [0.1, 0.15) is 5.76 Å². The number of hydrogen-bond donors (Lipinski definition) is 2. The van der Waals surface area contributed by atoms with E-state index in [9.17, 15) is 4.79 Å². The molecule has 2 aliphatic carbocycles. The van der Waals surface area contributed by atoms with E-state index in [1.165, 1.54) is 25.7 Å². The van der Waals surface area contributed by atoms with Crippen molar-refractivity contribution in [1.29, 1.82) is 0 Å². The van der Waals surface area contributed by atoms with Gasteiger partial charge in [0.15, 0.2) is 0 Å². The van der Waals surface area contributed by atoms with Crippen LogP contribution in [0.15, 0.2) is 22.8 Å². The molecule has 2 bridgehead atoms. The van der Waals surface area contributed by atoms with Gasteiger partial charge in [0, 0.05) is 6.04 Å². The first kappa shape index (κ1) is 13.7. The van der Waals surface area contributed by atoms with E-state index >= 15 is 0 Å². The third kappa shape index (κ3) is 3.06. The van der Waals surface area contributed by atoms with Gasteiger partial charge in [-0.2, -0.15) is 0 Å². The van der Waals surface area contributed by atoms with Crippen molar-refractivity contribution < 1.29 is 9.21 Å². The summed E-state index contributed by atoms with van der Waals surface area (Å²) in [5.74, 6) is 3.43. The molecule has 2 fully saturated rings. The van der Waals surface area contributed by atoms with Gasteiger partial charge >= 0.3 is 0 Å². The zero-order valence-electron chi connectivity index (χ0n) is 12.1. The molecule has 1 heterocycles. The highest BCUT2D eigenvalue weighted by atomic mass is 16.3. The second-order valence-electron chi connectivity index (χ2n) is 6.38. The molecule has 4 heteroatoms. The fourth-order valence-electron chi connectivity index (χ4n) is 4.03. The molecule has 0 aliphatic heterocycles. The monoisotopic (exact) mass is 276 g/mol. The molecule has 1 aromatic rings. The van der Waals surface area contributed by atoms with E-state index < -0.39 is 0 Å². The first-order valence-corrected chi connectivity index (χ1v) is 7.75. The van der Waals surface area contributed by atoms with Gasteiger partial charge in [-0.15, -0.1) is 0 Å². The average Bonchev–Trinajstić information content (AvgIpc) is 3.15. The summed E-state index contributed by atoms with van der Waals surface area (Å²) >= 11 is 0. The van der Waals surface area contributed by atoms with Crippen LogP contribution in [0.4, 0.5) is 0 Å². The number of hydrogen-bond acceptors (Lipinski definition) is 3. The van der Waals surface area contributed by atoms with Crippen molar-refractivity contribution in [3.8, 4) is 0 Å². The normalized spacial score (nSPS) is 29.6. The van der Waals surface area contributed by atoms with Gasteiger partial charge in [0.25, 0.3) is 0 Å². The largest absolute Gasteiger partial charge is 0.468 e. The molecule has 2 aliphatic rings. The molecule has 0 spiro atoms. The van der Waals surface area contributed by atoms with Gasteiger partial charge in [-0.3, -0.25) is 4.79 Å². The number of fused-ring (bicyclic) bond motifs is 2. The lowest BCUT2D eigenvalue weighted by Gasteiger charge is -2.28. The molecular formula is C16H24N2O2. The van der Waals surface area contributed by atoms with Gasteiger partial charge in [-0.25, -0.2) is 0 Å². The van der Waals surface area contributed by atoms with Gasteiger partial charge in [0.05, 0.1) is 19.4 Å². The Morgan fingerprint density at radius 1 is 1.45 bits per heavy atom. The zero-order valence-corrected chi connectivity index (χ0v) is 12.1. The second-order valence-corrected chi connectivity index (χ2v) is 6.38. The van der Waals surface area contributed by atoms with Gasteiger partial charge in [-0.1, -0.05) is 6.42 Å². The number of carbonyl (C=O) groups is 1. The number of rotatable bonds is 6. The van der Waals surface area contributed by atoms with Gasteiger partial charge in [0.2, 0.25) is 5.91 Å². The van der Waals surface area contributed by atoms with Crippen molar-refractivity contribution in [2.75, 3.05) is 6.54 Å². The standard InChI is InChI=1S/C16H24N2O2/c1-11(15-8-12-4-5-13(15)7-12)18-16(19)10-17-9-14-3-2-6-20-14/h2-3,6,11-13,15,17H,4-5,7-10H2,1H3,(H,18,19)/t11-,12-,13-,15+/m0/s1. The van der Waals surface area contributed by atoms with E-state index in [1.54, 1.807) is 6.26 Å². The van der Waals surface area contributed by atoms with E-state index in [4.69, 9.17) is 4.42 Å². The maximum atomic E-state index is 11.9. The van der Waals surface area contributed by atoms with Crippen LogP contribution in [0.25, 0.3) is 0 Å². The molecule has 3 rings (SSSR count). The fraction of sp³-hybridized carbons (Fsp3) is 0.688. The van der Waals surface area contributed by atoms with Crippen LogP contribution < -0.4 is 10.6 Å². The first-order valence-electron chi connectivity index (χ1n) is 7.75. The van der Waals surface area contributed by atoms with E-state index in [2.05, 4.69) is 17.6 Å². The summed E-state index contributed by atoms with van der Waals surface area (Å²) in [5.41, 5.74) is 0. The molecule has 0 saturated heterocycles. The number of furan rings is 1. The van der Waals surface area contributed by atoms with Crippen molar-refractivity contribution >= 4 is 5.91 Å². The molecule has 0 unspecified atom stereocenters. The molecule has 1 amide bonds. The summed E-state index contributed by atoms with van der Waals surface area (Å²) in [5, 5.41) is 6.27. The van der Waals surface area contributed by atoms with Crippen LogP contribution in [-0.2, 0) is 11.3 Å². The molecule has 1 aromatic heterocycles. The Hall–Kier alpha value is -1.29. The Morgan fingerprint density at radius 2 is 2.35 bits per heavy atom. The Bertz CT molecular complexity index is 443. The minimum atomic E-state index is 0.0897. The van der Waals surface area contributed by atoms with Crippen molar-refractivity contribution in [2.45, 2.75) is 45.2 Å². The summed E-state index contributed by atoms with van der Waals surface area (Å²) in [7, 11) is 0. The van der Waals surface area contributed by atoms with E-state index in [0.717, 1.165) is 17.6 Å². The smallest absolute Gasteiger partial charge is 0.234 e. The Kier molecular flexibility index (Phi) is 4.10. The second kappa shape index (κ2) is 6.00. The van der Waals surface area contributed by atoms with Crippen molar-refractivity contribution in [3.63, 3.8) is 0 Å². The van der Waals surface area contributed by atoms with Crippen LogP contribution in [0.5, 0.6) is 0 Å². The number of nitrogens with one attached hydrogen (secondary N) is 2. The molecule has 0 aromatic carbocycles. The zero-order chi connectivity index (χ0) is 13.9. The quantitative estimate of drug-likeness (QED) is 0.838. The lowest BCUT2D eigenvalue weighted by atomic mass is 9.84. The molecule has 2 N–H and O–H groups in total.